The van der Waals surface area contributed by atoms with Crippen molar-refractivity contribution in [3.8, 4) is 0 Å². The number of hydrogen-bond donors (Lipinski definition) is 0. The molecule has 19 heavy (non-hydrogen) atoms. The Hall–Kier alpha value is -1.53. The molecule has 1 aliphatic heterocycles. The summed E-state index contributed by atoms with van der Waals surface area (Å²) in [7, 11) is 0. The molecular formula is C12H18F2N2O3. The SMILES string of the molecule is C/C(=N\OC(=O)C1(C)CC(C(C)(C)C)=NO1)C(F)F. The zero-order valence-electron chi connectivity index (χ0n) is 11.7. The lowest BCUT2D eigenvalue weighted by molar-refractivity contribution is -0.167. The van der Waals surface area contributed by atoms with Gasteiger partial charge in [-0.2, -0.15) is 0 Å². The molecule has 5 nitrogen and oxygen atoms in total. The molecule has 0 aromatic heterocycles. The molecule has 1 heterocycles. The smallest absolute Gasteiger partial charge is 0.377 e. The summed E-state index contributed by atoms with van der Waals surface area (Å²) in [6.07, 6.45) is -2.51. The molecule has 108 valence electrons. The van der Waals surface area contributed by atoms with Gasteiger partial charge >= 0.3 is 5.97 Å². The zero-order valence-corrected chi connectivity index (χ0v) is 11.7. The van der Waals surface area contributed by atoms with E-state index in [9.17, 15) is 13.6 Å². The maximum absolute atomic E-state index is 12.2. The highest BCUT2D eigenvalue weighted by Crippen LogP contribution is 2.32. The molecule has 0 aliphatic carbocycles. The van der Waals surface area contributed by atoms with Crippen LogP contribution in [-0.2, 0) is 14.5 Å². The summed E-state index contributed by atoms with van der Waals surface area (Å²) in [5.41, 5.74) is -1.40. The first-order valence-corrected chi connectivity index (χ1v) is 5.86. The van der Waals surface area contributed by atoms with Gasteiger partial charge in [-0.15, -0.1) is 0 Å². The fourth-order valence-corrected chi connectivity index (χ4v) is 1.30. The molecule has 0 fully saturated rings. The third-order valence-corrected chi connectivity index (χ3v) is 2.75. The van der Waals surface area contributed by atoms with Gasteiger partial charge in [-0.05, 0) is 13.8 Å². The van der Waals surface area contributed by atoms with E-state index in [1.54, 1.807) is 0 Å². The van der Waals surface area contributed by atoms with Crippen molar-refractivity contribution in [3.63, 3.8) is 0 Å². The minimum Gasteiger partial charge on any atom is -0.377 e. The van der Waals surface area contributed by atoms with E-state index in [-0.39, 0.29) is 11.8 Å². The minimum absolute atomic E-state index is 0.236. The number of oxime groups is 2. The Balaban J connectivity index is 2.68. The maximum atomic E-state index is 12.2. The van der Waals surface area contributed by atoms with Gasteiger partial charge in [0.15, 0.2) is 0 Å². The van der Waals surface area contributed by atoms with Crippen LogP contribution in [0, 0.1) is 5.41 Å². The van der Waals surface area contributed by atoms with E-state index in [0.29, 0.717) is 5.71 Å². The molecule has 0 spiro atoms. The Morgan fingerprint density at radius 3 is 2.53 bits per heavy atom. The average Bonchev–Trinajstić information content (AvgIpc) is 2.69. The van der Waals surface area contributed by atoms with Gasteiger partial charge in [0.05, 0.1) is 5.71 Å². The van der Waals surface area contributed by atoms with Crippen LogP contribution in [0.3, 0.4) is 0 Å². The predicted molar refractivity (Wildman–Crippen MR) is 66.2 cm³/mol. The summed E-state index contributed by atoms with van der Waals surface area (Å²) < 4.78 is 24.4. The van der Waals surface area contributed by atoms with E-state index in [0.717, 1.165) is 6.92 Å². The van der Waals surface area contributed by atoms with E-state index in [4.69, 9.17) is 4.84 Å². The van der Waals surface area contributed by atoms with Crippen LogP contribution in [0.2, 0.25) is 0 Å². The van der Waals surface area contributed by atoms with Gasteiger partial charge in [-0.3, -0.25) is 0 Å². The first-order valence-electron chi connectivity index (χ1n) is 5.86. The molecule has 1 aliphatic rings. The van der Waals surface area contributed by atoms with Crippen LogP contribution in [0.5, 0.6) is 0 Å². The second kappa shape index (κ2) is 5.22. The van der Waals surface area contributed by atoms with Crippen molar-refractivity contribution in [2.24, 2.45) is 15.7 Å². The highest BCUT2D eigenvalue weighted by molar-refractivity contribution is 5.96. The summed E-state index contributed by atoms with van der Waals surface area (Å²) in [6.45, 7) is 8.37. The van der Waals surface area contributed by atoms with Crippen LogP contribution in [0.15, 0.2) is 10.3 Å². The third kappa shape index (κ3) is 3.71. The van der Waals surface area contributed by atoms with Crippen LogP contribution < -0.4 is 0 Å². The lowest BCUT2D eigenvalue weighted by Crippen LogP contribution is -2.38. The largest absolute Gasteiger partial charge is 0.381 e. The van der Waals surface area contributed by atoms with Crippen molar-refractivity contribution in [2.75, 3.05) is 0 Å². The lowest BCUT2D eigenvalue weighted by atomic mass is 9.84. The molecule has 0 saturated heterocycles. The number of alkyl halides is 2. The van der Waals surface area contributed by atoms with Crippen molar-refractivity contribution in [1.29, 1.82) is 0 Å². The Morgan fingerprint density at radius 2 is 2.11 bits per heavy atom. The summed E-state index contributed by atoms with van der Waals surface area (Å²) >= 11 is 0. The summed E-state index contributed by atoms with van der Waals surface area (Å²) in [6, 6.07) is 0. The van der Waals surface area contributed by atoms with E-state index in [1.807, 2.05) is 20.8 Å². The van der Waals surface area contributed by atoms with Gasteiger partial charge in [0.1, 0.15) is 5.71 Å². The van der Waals surface area contributed by atoms with Crippen LogP contribution >= 0.6 is 0 Å². The van der Waals surface area contributed by atoms with Crippen molar-refractivity contribution >= 4 is 17.4 Å². The van der Waals surface area contributed by atoms with Gasteiger partial charge in [0.25, 0.3) is 6.43 Å². The first-order chi connectivity index (χ1) is 8.56. The second-order valence-corrected chi connectivity index (χ2v) is 5.70. The van der Waals surface area contributed by atoms with Crippen LogP contribution in [-0.4, -0.2) is 29.4 Å². The Labute approximate surface area is 110 Å². The molecule has 7 heteroatoms. The van der Waals surface area contributed by atoms with Gasteiger partial charge in [-0.1, -0.05) is 31.1 Å². The fourth-order valence-electron chi connectivity index (χ4n) is 1.30. The lowest BCUT2D eigenvalue weighted by Gasteiger charge is -2.20. The van der Waals surface area contributed by atoms with Gasteiger partial charge in [0.2, 0.25) is 5.60 Å². The molecule has 0 aromatic carbocycles. The molecule has 1 rings (SSSR count). The van der Waals surface area contributed by atoms with Crippen LogP contribution in [0.25, 0.3) is 0 Å². The van der Waals surface area contributed by atoms with Gasteiger partial charge in [-0.25, -0.2) is 13.6 Å². The first kappa shape index (κ1) is 15.5. The summed E-state index contributed by atoms with van der Waals surface area (Å²) in [5, 5.41) is 6.95. The summed E-state index contributed by atoms with van der Waals surface area (Å²) in [4.78, 5) is 21.4. The third-order valence-electron chi connectivity index (χ3n) is 2.75. The molecule has 1 atom stereocenters. The number of rotatable bonds is 3. The quantitative estimate of drug-likeness (QED) is 0.452. The van der Waals surface area contributed by atoms with E-state index in [2.05, 4.69) is 15.1 Å². The van der Waals surface area contributed by atoms with Crippen molar-refractivity contribution < 1.29 is 23.3 Å². The average molecular weight is 276 g/mol. The van der Waals surface area contributed by atoms with E-state index >= 15 is 0 Å². The topological polar surface area (TPSA) is 60.2 Å². The van der Waals surface area contributed by atoms with Crippen molar-refractivity contribution in [1.82, 2.24) is 0 Å². The number of nitrogens with zero attached hydrogens (tertiary/aromatic N) is 2. The van der Waals surface area contributed by atoms with Crippen LogP contribution in [0.4, 0.5) is 8.78 Å². The zero-order chi connectivity index (χ0) is 14.8. The monoisotopic (exact) mass is 276 g/mol. The van der Waals surface area contributed by atoms with Crippen molar-refractivity contribution in [3.05, 3.63) is 0 Å². The number of carbonyl (C=O) groups excluding carboxylic acids is 1. The van der Waals surface area contributed by atoms with Gasteiger partial charge in [0, 0.05) is 11.8 Å². The minimum atomic E-state index is -2.76. The second-order valence-electron chi connectivity index (χ2n) is 5.70. The molecule has 1 unspecified atom stereocenters. The molecule has 0 aromatic rings. The number of carbonyl (C=O) groups is 1. The van der Waals surface area contributed by atoms with Gasteiger partial charge < -0.3 is 9.68 Å². The summed E-state index contributed by atoms with van der Waals surface area (Å²) in [5.74, 6) is -0.838. The Kier molecular flexibility index (Phi) is 4.27. The number of hydrogen-bond acceptors (Lipinski definition) is 5. The number of halogens is 2. The Morgan fingerprint density at radius 1 is 1.53 bits per heavy atom. The molecular weight excluding hydrogens is 258 g/mol. The molecule has 0 radical (unpaired) electrons. The van der Waals surface area contributed by atoms with E-state index in [1.165, 1.54) is 6.92 Å². The molecule has 0 amide bonds. The molecule has 0 bridgehead atoms. The van der Waals surface area contributed by atoms with E-state index < -0.39 is 23.7 Å². The maximum Gasteiger partial charge on any atom is 0.381 e. The normalized spacial score (nSPS) is 24.2. The molecule has 0 N–H and O–H groups in total. The van der Waals surface area contributed by atoms with Crippen LogP contribution in [0.1, 0.15) is 41.0 Å². The predicted octanol–water partition coefficient (Wildman–Crippen LogP) is 2.75. The highest BCUT2D eigenvalue weighted by atomic mass is 19.3. The standard InChI is InChI=1S/C12H18F2N2O3/c1-7(9(13)14)15-18-10(17)12(5)6-8(16-19-12)11(2,3)4/h9H,6H2,1-5H3/b15-7+. The highest BCUT2D eigenvalue weighted by Gasteiger charge is 2.46. The molecule has 0 saturated carbocycles. The fraction of sp³-hybridized carbons (Fsp3) is 0.750. The van der Waals surface area contributed by atoms with Crippen molar-refractivity contribution in [2.45, 2.75) is 53.1 Å². The Bertz CT molecular complexity index is 427.